The number of para-hydroxylation sites is 1. The Morgan fingerprint density at radius 2 is 1.83 bits per heavy atom. The van der Waals surface area contributed by atoms with Gasteiger partial charge in [-0.15, -0.1) is 0 Å². The first-order chi connectivity index (χ1) is 11.1. The van der Waals surface area contributed by atoms with Crippen LogP contribution in [0.1, 0.15) is 23.2 Å². The molecule has 0 saturated carbocycles. The number of carbonyl (C=O) groups is 2. The van der Waals surface area contributed by atoms with Crippen LogP contribution in [0.5, 0.6) is 0 Å². The lowest BCUT2D eigenvalue weighted by Gasteiger charge is -2.22. The molecule has 2 rings (SSSR count). The molecular formula is C15H18N4O4. The van der Waals surface area contributed by atoms with E-state index in [9.17, 15) is 9.59 Å². The van der Waals surface area contributed by atoms with Crippen LogP contribution in [-0.2, 0) is 4.79 Å². The average Bonchev–Trinajstić information content (AvgIpc) is 3.08. The third kappa shape index (κ3) is 4.36. The summed E-state index contributed by atoms with van der Waals surface area (Å²) in [5.74, 6) is -1.29. The molecule has 0 aliphatic rings. The monoisotopic (exact) mass is 318 g/mol. The van der Waals surface area contributed by atoms with Crippen LogP contribution in [0.2, 0.25) is 0 Å². The molecule has 0 bridgehead atoms. The number of hydrogen-bond donors (Lipinski definition) is 2. The first-order valence-electron chi connectivity index (χ1n) is 7.21. The number of aliphatic hydroxyl groups excluding tert-OH is 1. The van der Waals surface area contributed by atoms with Crippen molar-refractivity contribution in [3.8, 4) is 5.69 Å². The van der Waals surface area contributed by atoms with Crippen molar-refractivity contribution in [1.82, 2.24) is 19.9 Å². The van der Waals surface area contributed by atoms with Crippen LogP contribution >= 0.6 is 0 Å². The van der Waals surface area contributed by atoms with Gasteiger partial charge in [0, 0.05) is 19.7 Å². The summed E-state index contributed by atoms with van der Waals surface area (Å²) in [5, 5.41) is 25.9. The average molecular weight is 318 g/mol. The first kappa shape index (κ1) is 16.6. The molecule has 8 nitrogen and oxygen atoms in total. The van der Waals surface area contributed by atoms with Crippen molar-refractivity contribution in [2.24, 2.45) is 0 Å². The third-order valence-corrected chi connectivity index (χ3v) is 3.24. The second kappa shape index (κ2) is 8.04. The topological polar surface area (TPSA) is 109 Å². The van der Waals surface area contributed by atoms with Gasteiger partial charge in [-0.05, 0) is 18.6 Å². The van der Waals surface area contributed by atoms with Crippen LogP contribution in [0, 0.1) is 0 Å². The summed E-state index contributed by atoms with van der Waals surface area (Å²) in [5.41, 5.74) is 0.902. The largest absolute Gasteiger partial charge is 0.481 e. The van der Waals surface area contributed by atoms with Gasteiger partial charge in [-0.3, -0.25) is 9.59 Å². The second-order valence-electron chi connectivity index (χ2n) is 4.85. The number of carboxylic acids is 1. The Labute approximate surface area is 133 Å². The van der Waals surface area contributed by atoms with E-state index in [4.69, 9.17) is 10.2 Å². The van der Waals surface area contributed by atoms with Crippen molar-refractivity contribution in [2.45, 2.75) is 12.8 Å². The molecule has 2 aromatic rings. The Morgan fingerprint density at radius 3 is 2.48 bits per heavy atom. The summed E-state index contributed by atoms with van der Waals surface area (Å²) < 4.78 is 0. The fourth-order valence-electron chi connectivity index (χ4n) is 2.15. The van der Waals surface area contributed by atoms with E-state index < -0.39 is 5.97 Å². The Bertz CT molecular complexity index is 657. The summed E-state index contributed by atoms with van der Waals surface area (Å²) in [4.78, 5) is 26.3. The van der Waals surface area contributed by atoms with Crippen molar-refractivity contribution in [3.05, 3.63) is 42.2 Å². The number of nitrogens with zero attached hydrogens (tertiary/aromatic N) is 4. The maximum atomic E-state index is 12.8. The quantitative estimate of drug-likeness (QED) is 0.736. The lowest BCUT2D eigenvalue weighted by atomic mass is 10.1. The fourth-order valence-corrected chi connectivity index (χ4v) is 2.15. The highest BCUT2D eigenvalue weighted by Crippen LogP contribution is 2.15. The van der Waals surface area contributed by atoms with Crippen LogP contribution in [0.3, 0.4) is 0 Å². The van der Waals surface area contributed by atoms with E-state index in [1.54, 1.807) is 24.3 Å². The Hall–Kier alpha value is -2.74. The van der Waals surface area contributed by atoms with Gasteiger partial charge in [0.05, 0.1) is 30.1 Å². The minimum Gasteiger partial charge on any atom is -0.481 e. The molecule has 2 N–H and O–H groups in total. The smallest absolute Gasteiger partial charge is 0.305 e. The number of carbonyl (C=O) groups excluding carboxylic acids is 1. The Kier molecular flexibility index (Phi) is 5.81. The molecule has 0 spiro atoms. The van der Waals surface area contributed by atoms with E-state index in [-0.39, 0.29) is 32.0 Å². The molecule has 0 fully saturated rings. The van der Waals surface area contributed by atoms with Crippen LogP contribution < -0.4 is 0 Å². The van der Waals surface area contributed by atoms with Crippen molar-refractivity contribution >= 4 is 11.9 Å². The van der Waals surface area contributed by atoms with E-state index in [0.29, 0.717) is 17.7 Å². The van der Waals surface area contributed by atoms with E-state index in [0.717, 1.165) is 0 Å². The summed E-state index contributed by atoms with van der Waals surface area (Å²) in [6.07, 6.45) is 3.25. The van der Waals surface area contributed by atoms with E-state index in [1.165, 1.54) is 22.1 Å². The standard InChI is InChI=1S/C15H18N4O4/c20-11-3-9-18(10-6-14(21)22)15(23)12-4-1-2-5-13(12)19-16-7-8-17-19/h1-2,4-5,7-8,20H,3,6,9-11H2,(H,21,22). The molecule has 0 aliphatic carbocycles. The molecule has 23 heavy (non-hydrogen) atoms. The van der Waals surface area contributed by atoms with Gasteiger partial charge in [-0.1, -0.05) is 12.1 Å². The number of aliphatic hydroxyl groups is 1. The molecule has 0 unspecified atom stereocenters. The zero-order valence-corrected chi connectivity index (χ0v) is 12.5. The molecule has 0 atom stereocenters. The third-order valence-electron chi connectivity index (χ3n) is 3.24. The molecule has 0 aliphatic heterocycles. The molecule has 1 aromatic carbocycles. The minimum absolute atomic E-state index is 0.0702. The van der Waals surface area contributed by atoms with E-state index in [2.05, 4.69) is 10.2 Å². The summed E-state index contributed by atoms with van der Waals surface area (Å²) in [7, 11) is 0. The van der Waals surface area contributed by atoms with Gasteiger partial charge in [0.25, 0.3) is 5.91 Å². The molecule has 8 heteroatoms. The predicted molar refractivity (Wildman–Crippen MR) is 81.2 cm³/mol. The highest BCUT2D eigenvalue weighted by atomic mass is 16.4. The number of benzene rings is 1. The van der Waals surface area contributed by atoms with Crippen molar-refractivity contribution in [1.29, 1.82) is 0 Å². The van der Waals surface area contributed by atoms with Crippen molar-refractivity contribution in [3.63, 3.8) is 0 Å². The maximum Gasteiger partial charge on any atom is 0.305 e. The molecule has 0 saturated heterocycles. The first-order valence-corrected chi connectivity index (χ1v) is 7.21. The van der Waals surface area contributed by atoms with Gasteiger partial charge in [0.2, 0.25) is 0 Å². The van der Waals surface area contributed by atoms with Gasteiger partial charge in [-0.2, -0.15) is 15.0 Å². The molecule has 1 amide bonds. The summed E-state index contributed by atoms with van der Waals surface area (Å²) in [6.45, 7) is 0.289. The minimum atomic E-state index is -0.978. The number of carboxylic acid groups (broad SMARTS) is 1. The van der Waals surface area contributed by atoms with Crippen molar-refractivity contribution < 1.29 is 19.8 Å². The van der Waals surface area contributed by atoms with Crippen LogP contribution in [0.4, 0.5) is 0 Å². The Balaban J connectivity index is 2.26. The fraction of sp³-hybridized carbons (Fsp3) is 0.333. The number of rotatable bonds is 8. The van der Waals surface area contributed by atoms with Gasteiger partial charge < -0.3 is 15.1 Å². The lowest BCUT2D eigenvalue weighted by Crippen LogP contribution is -2.35. The van der Waals surface area contributed by atoms with Gasteiger partial charge in [0.1, 0.15) is 0 Å². The molecule has 1 aromatic heterocycles. The van der Waals surface area contributed by atoms with E-state index >= 15 is 0 Å². The zero-order valence-electron chi connectivity index (χ0n) is 12.5. The summed E-state index contributed by atoms with van der Waals surface area (Å²) in [6, 6.07) is 6.86. The second-order valence-corrected chi connectivity index (χ2v) is 4.85. The van der Waals surface area contributed by atoms with Crippen LogP contribution in [-0.4, -0.2) is 61.7 Å². The van der Waals surface area contributed by atoms with Gasteiger partial charge >= 0.3 is 5.97 Å². The van der Waals surface area contributed by atoms with Crippen LogP contribution in [0.15, 0.2) is 36.7 Å². The number of hydrogen-bond acceptors (Lipinski definition) is 5. The normalized spacial score (nSPS) is 10.5. The number of aliphatic carboxylic acids is 1. The maximum absolute atomic E-state index is 12.8. The van der Waals surface area contributed by atoms with Crippen molar-refractivity contribution in [2.75, 3.05) is 19.7 Å². The molecule has 122 valence electrons. The summed E-state index contributed by atoms with van der Waals surface area (Å²) >= 11 is 0. The molecule has 0 radical (unpaired) electrons. The highest BCUT2D eigenvalue weighted by Gasteiger charge is 2.20. The lowest BCUT2D eigenvalue weighted by molar-refractivity contribution is -0.137. The van der Waals surface area contributed by atoms with E-state index in [1.807, 2.05) is 0 Å². The number of aromatic nitrogens is 3. The molecular weight excluding hydrogens is 300 g/mol. The Morgan fingerprint density at radius 1 is 1.13 bits per heavy atom. The predicted octanol–water partition coefficient (Wildman–Crippen LogP) is 0.567. The van der Waals surface area contributed by atoms with Gasteiger partial charge in [-0.25, -0.2) is 0 Å². The SMILES string of the molecule is O=C(O)CCN(CCCO)C(=O)c1ccccc1-n1nccn1. The molecule has 1 heterocycles. The van der Waals surface area contributed by atoms with Gasteiger partial charge in [0.15, 0.2) is 0 Å². The zero-order chi connectivity index (χ0) is 16.7. The number of amides is 1. The highest BCUT2D eigenvalue weighted by molar-refractivity contribution is 5.97. The van der Waals surface area contributed by atoms with Crippen LogP contribution in [0.25, 0.3) is 5.69 Å².